The number of halogens is 2. The minimum Gasteiger partial charge on any atom is -0.508 e. The van der Waals surface area contributed by atoms with Gasteiger partial charge in [-0.05, 0) is 29.3 Å². The Labute approximate surface area is 132 Å². The highest BCUT2D eigenvalue weighted by Gasteiger charge is 2.12. The van der Waals surface area contributed by atoms with E-state index in [1.54, 1.807) is 12.1 Å². The van der Waals surface area contributed by atoms with Crippen molar-refractivity contribution in [2.24, 2.45) is 0 Å². The highest BCUT2D eigenvalue weighted by molar-refractivity contribution is 5.78. The first-order chi connectivity index (χ1) is 10.9. The van der Waals surface area contributed by atoms with Gasteiger partial charge in [-0.3, -0.25) is 4.79 Å². The molecule has 23 heavy (non-hydrogen) atoms. The lowest BCUT2D eigenvalue weighted by Gasteiger charge is -2.12. The molecular weight excluding hydrogens is 304 g/mol. The monoisotopic (exact) mass is 321 g/mol. The van der Waals surface area contributed by atoms with Crippen molar-refractivity contribution in [2.45, 2.75) is 18.9 Å². The number of carbonyl (C=O) groups excluding carboxylic acids is 1. The van der Waals surface area contributed by atoms with Crippen LogP contribution in [0.2, 0.25) is 0 Å². The zero-order valence-electron chi connectivity index (χ0n) is 12.3. The molecule has 0 aliphatic carbocycles. The fourth-order valence-corrected chi connectivity index (χ4v) is 2.16. The lowest BCUT2D eigenvalue weighted by molar-refractivity contribution is -0.120. The first kappa shape index (κ1) is 16.9. The molecule has 0 saturated heterocycles. The molecule has 122 valence electrons. The van der Waals surface area contributed by atoms with E-state index >= 15 is 0 Å². The Balaban J connectivity index is 1.81. The largest absolute Gasteiger partial charge is 0.508 e. The Hall–Kier alpha value is -2.47. The molecule has 2 aromatic carbocycles. The number of aromatic hydroxyl groups is 1. The Morgan fingerprint density at radius 2 is 1.96 bits per heavy atom. The van der Waals surface area contributed by atoms with Gasteiger partial charge in [-0.1, -0.05) is 18.2 Å². The molecule has 0 heterocycles. The second kappa shape index (κ2) is 7.69. The van der Waals surface area contributed by atoms with E-state index in [1.807, 2.05) is 0 Å². The third-order valence-corrected chi connectivity index (χ3v) is 3.28. The molecule has 1 amide bonds. The second-order valence-electron chi connectivity index (χ2n) is 5.24. The maximum atomic E-state index is 13.5. The van der Waals surface area contributed by atoms with Gasteiger partial charge in [0.1, 0.15) is 17.4 Å². The van der Waals surface area contributed by atoms with Crippen LogP contribution < -0.4 is 5.32 Å². The molecule has 3 N–H and O–H groups in total. The number of phenols is 1. The SMILES string of the molecule is O=C(Cc1cccc(O)c1)NC[C@@H](O)Cc1ccc(F)cc1F. The lowest BCUT2D eigenvalue weighted by atomic mass is 10.1. The molecule has 2 aromatic rings. The van der Waals surface area contributed by atoms with E-state index in [-0.39, 0.29) is 36.6 Å². The van der Waals surface area contributed by atoms with Crippen LogP contribution in [0.5, 0.6) is 5.75 Å². The molecule has 0 bridgehead atoms. The van der Waals surface area contributed by atoms with Crippen LogP contribution in [-0.2, 0) is 17.6 Å². The van der Waals surface area contributed by atoms with Gasteiger partial charge < -0.3 is 15.5 Å². The number of hydrogen-bond donors (Lipinski definition) is 3. The second-order valence-corrected chi connectivity index (χ2v) is 5.24. The summed E-state index contributed by atoms with van der Waals surface area (Å²) in [7, 11) is 0. The van der Waals surface area contributed by atoms with E-state index in [1.165, 1.54) is 18.2 Å². The average molecular weight is 321 g/mol. The van der Waals surface area contributed by atoms with Crippen molar-refractivity contribution in [2.75, 3.05) is 6.54 Å². The molecular formula is C17H17F2NO3. The van der Waals surface area contributed by atoms with Crippen molar-refractivity contribution in [1.82, 2.24) is 5.32 Å². The van der Waals surface area contributed by atoms with Gasteiger partial charge in [0.15, 0.2) is 0 Å². The summed E-state index contributed by atoms with van der Waals surface area (Å²) in [5.74, 6) is -1.66. The lowest BCUT2D eigenvalue weighted by Crippen LogP contribution is -2.34. The van der Waals surface area contributed by atoms with E-state index in [4.69, 9.17) is 0 Å². The zero-order valence-corrected chi connectivity index (χ0v) is 12.3. The van der Waals surface area contributed by atoms with Crippen molar-refractivity contribution in [3.05, 3.63) is 65.2 Å². The first-order valence-electron chi connectivity index (χ1n) is 7.10. The summed E-state index contributed by atoms with van der Waals surface area (Å²) in [5, 5.41) is 21.7. The highest BCUT2D eigenvalue weighted by Crippen LogP contribution is 2.12. The maximum Gasteiger partial charge on any atom is 0.224 e. The van der Waals surface area contributed by atoms with Gasteiger partial charge in [0.05, 0.1) is 12.5 Å². The van der Waals surface area contributed by atoms with Crippen LogP contribution in [0.15, 0.2) is 42.5 Å². The summed E-state index contributed by atoms with van der Waals surface area (Å²) in [6, 6.07) is 9.44. The van der Waals surface area contributed by atoms with Gasteiger partial charge in [0.2, 0.25) is 5.91 Å². The zero-order chi connectivity index (χ0) is 16.8. The molecule has 4 nitrogen and oxygen atoms in total. The number of rotatable bonds is 6. The number of carbonyl (C=O) groups is 1. The number of nitrogens with one attached hydrogen (secondary N) is 1. The smallest absolute Gasteiger partial charge is 0.224 e. The predicted molar refractivity (Wildman–Crippen MR) is 80.9 cm³/mol. The van der Waals surface area contributed by atoms with Gasteiger partial charge in [0, 0.05) is 19.0 Å². The van der Waals surface area contributed by atoms with Gasteiger partial charge in [0.25, 0.3) is 0 Å². The number of phenolic OH excluding ortho intramolecular Hbond substituents is 1. The first-order valence-corrected chi connectivity index (χ1v) is 7.10. The third-order valence-electron chi connectivity index (χ3n) is 3.28. The maximum absolute atomic E-state index is 13.5. The summed E-state index contributed by atoms with van der Waals surface area (Å²) in [4.78, 5) is 11.8. The summed E-state index contributed by atoms with van der Waals surface area (Å²) in [6.07, 6.45) is -0.951. The van der Waals surface area contributed by atoms with Crippen LogP contribution in [0, 0.1) is 11.6 Å². The van der Waals surface area contributed by atoms with E-state index in [0.717, 1.165) is 12.1 Å². The van der Waals surface area contributed by atoms with Gasteiger partial charge in [-0.2, -0.15) is 0 Å². The number of benzene rings is 2. The summed E-state index contributed by atoms with van der Waals surface area (Å²) >= 11 is 0. The topological polar surface area (TPSA) is 69.6 Å². The molecule has 1 atom stereocenters. The molecule has 0 aliphatic heterocycles. The molecule has 0 fully saturated rings. The number of hydrogen-bond acceptors (Lipinski definition) is 3. The molecule has 6 heteroatoms. The van der Waals surface area contributed by atoms with Gasteiger partial charge in [-0.25, -0.2) is 8.78 Å². The third kappa shape index (κ3) is 5.34. The molecule has 0 aromatic heterocycles. The fourth-order valence-electron chi connectivity index (χ4n) is 2.16. The van der Waals surface area contributed by atoms with E-state index in [0.29, 0.717) is 5.56 Å². The van der Waals surface area contributed by atoms with Gasteiger partial charge in [-0.15, -0.1) is 0 Å². The standard InChI is InChI=1S/C17H17F2NO3/c18-13-5-4-12(16(19)9-13)8-15(22)10-20-17(23)7-11-2-1-3-14(21)6-11/h1-6,9,15,21-22H,7-8,10H2,(H,20,23)/t15-/m0/s1. The molecule has 0 unspecified atom stereocenters. The number of aliphatic hydroxyl groups is 1. The predicted octanol–water partition coefficient (Wildman–Crippen LogP) is 1.93. The van der Waals surface area contributed by atoms with Crippen LogP contribution in [-0.4, -0.2) is 28.8 Å². The van der Waals surface area contributed by atoms with E-state index in [2.05, 4.69) is 5.32 Å². The van der Waals surface area contributed by atoms with Crippen LogP contribution in [0.25, 0.3) is 0 Å². The van der Waals surface area contributed by atoms with Crippen molar-refractivity contribution in [1.29, 1.82) is 0 Å². The molecule has 2 rings (SSSR count). The summed E-state index contributed by atoms with van der Waals surface area (Å²) in [5.41, 5.74) is 0.822. The van der Waals surface area contributed by atoms with E-state index < -0.39 is 17.7 Å². The molecule has 0 spiro atoms. The number of aliphatic hydroxyl groups excluding tert-OH is 1. The van der Waals surface area contributed by atoms with Crippen molar-refractivity contribution >= 4 is 5.91 Å². The minimum atomic E-state index is -0.983. The van der Waals surface area contributed by atoms with Crippen molar-refractivity contribution < 1.29 is 23.8 Å². The molecule has 0 aliphatic rings. The average Bonchev–Trinajstić information content (AvgIpc) is 2.48. The molecule has 0 saturated carbocycles. The Morgan fingerprint density at radius 3 is 2.65 bits per heavy atom. The quantitative estimate of drug-likeness (QED) is 0.761. The summed E-state index contributed by atoms with van der Waals surface area (Å²) in [6.45, 7) is -0.0472. The van der Waals surface area contributed by atoms with Gasteiger partial charge >= 0.3 is 0 Å². The minimum absolute atomic E-state index is 0.0292. The van der Waals surface area contributed by atoms with Crippen LogP contribution >= 0.6 is 0 Å². The summed E-state index contributed by atoms with van der Waals surface area (Å²) < 4.78 is 26.3. The Bertz CT molecular complexity index is 691. The Kier molecular flexibility index (Phi) is 5.65. The molecule has 0 radical (unpaired) electrons. The van der Waals surface area contributed by atoms with Crippen LogP contribution in [0.1, 0.15) is 11.1 Å². The van der Waals surface area contributed by atoms with E-state index in [9.17, 15) is 23.8 Å². The normalized spacial score (nSPS) is 12.0. The van der Waals surface area contributed by atoms with Crippen molar-refractivity contribution in [3.63, 3.8) is 0 Å². The van der Waals surface area contributed by atoms with Crippen LogP contribution in [0.4, 0.5) is 8.78 Å². The number of amides is 1. The van der Waals surface area contributed by atoms with Crippen molar-refractivity contribution in [3.8, 4) is 5.75 Å². The fraction of sp³-hybridized carbons (Fsp3) is 0.235. The highest BCUT2D eigenvalue weighted by atomic mass is 19.1. The van der Waals surface area contributed by atoms with Crippen LogP contribution in [0.3, 0.4) is 0 Å². The Morgan fingerprint density at radius 1 is 1.17 bits per heavy atom.